The summed E-state index contributed by atoms with van der Waals surface area (Å²) < 4.78 is 0. The molecule has 3 rings (SSSR count). The fraction of sp³-hybridized carbons (Fsp3) is 0. The van der Waals surface area contributed by atoms with Crippen LogP contribution in [0.3, 0.4) is 0 Å². The second-order valence-corrected chi connectivity index (χ2v) is 4.46. The maximum Gasteiger partial charge on any atom is 0.284 e. The summed E-state index contributed by atoms with van der Waals surface area (Å²) >= 11 is 5.82. The minimum atomic E-state index is -0.456. The number of nitrogens with two attached hydrogens (primary N) is 1. The predicted molar refractivity (Wildman–Crippen MR) is 71.2 cm³/mol. The van der Waals surface area contributed by atoms with Crippen LogP contribution in [0.4, 0.5) is 11.4 Å². The Bertz CT molecular complexity index is 680. The van der Waals surface area contributed by atoms with E-state index in [1.54, 1.807) is 24.3 Å². The maximum atomic E-state index is 12.2. The average Bonchev–Trinajstić information content (AvgIpc) is 2.66. The number of imide groups is 1. The lowest BCUT2D eigenvalue weighted by Gasteiger charge is -2.14. The van der Waals surface area contributed by atoms with E-state index >= 15 is 0 Å². The Hall–Kier alpha value is -2.40. The van der Waals surface area contributed by atoms with E-state index in [-0.39, 0.29) is 5.69 Å². The highest BCUT2D eigenvalue weighted by Crippen LogP contribution is 2.30. The van der Waals surface area contributed by atoms with Gasteiger partial charge in [0.25, 0.3) is 11.8 Å². The third-order valence-corrected chi connectivity index (χ3v) is 3.23. The molecule has 94 valence electrons. The van der Waals surface area contributed by atoms with Crippen LogP contribution in [-0.4, -0.2) is 16.8 Å². The van der Waals surface area contributed by atoms with E-state index in [1.807, 2.05) is 0 Å². The second-order valence-electron chi connectivity index (χ2n) is 4.05. The third kappa shape index (κ3) is 1.67. The molecule has 2 N–H and O–H groups in total. The van der Waals surface area contributed by atoms with Gasteiger partial charge in [-0.1, -0.05) is 11.6 Å². The van der Waals surface area contributed by atoms with Crippen LogP contribution < -0.4 is 10.6 Å². The SMILES string of the molecule is Nc1cc(N2C(=O)c3cccnc3C2=O)ccc1Cl. The Balaban J connectivity index is 2.11. The van der Waals surface area contributed by atoms with E-state index < -0.39 is 11.8 Å². The molecule has 0 spiro atoms. The van der Waals surface area contributed by atoms with Crippen LogP contribution in [0.2, 0.25) is 5.02 Å². The van der Waals surface area contributed by atoms with E-state index in [2.05, 4.69) is 4.98 Å². The normalized spacial score (nSPS) is 13.8. The van der Waals surface area contributed by atoms with E-state index in [4.69, 9.17) is 17.3 Å². The Labute approximate surface area is 113 Å². The Morgan fingerprint density at radius 1 is 1.16 bits per heavy atom. The number of fused-ring (bicyclic) bond motifs is 1. The number of benzene rings is 1. The van der Waals surface area contributed by atoms with Gasteiger partial charge in [-0.2, -0.15) is 0 Å². The number of hydrogen-bond donors (Lipinski definition) is 1. The van der Waals surface area contributed by atoms with E-state index in [0.717, 1.165) is 4.90 Å². The molecule has 5 nitrogen and oxygen atoms in total. The van der Waals surface area contributed by atoms with Crippen molar-refractivity contribution >= 4 is 34.8 Å². The number of hydrogen-bond acceptors (Lipinski definition) is 4. The topological polar surface area (TPSA) is 76.3 Å². The molecule has 2 amide bonds. The Morgan fingerprint density at radius 3 is 2.63 bits per heavy atom. The molecule has 2 heterocycles. The lowest BCUT2D eigenvalue weighted by Crippen LogP contribution is -2.29. The van der Waals surface area contributed by atoms with Gasteiger partial charge >= 0.3 is 0 Å². The second kappa shape index (κ2) is 4.07. The van der Waals surface area contributed by atoms with Crippen LogP contribution >= 0.6 is 11.6 Å². The summed E-state index contributed by atoms with van der Waals surface area (Å²) in [6.45, 7) is 0. The highest BCUT2D eigenvalue weighted by molar-refractivity contribution is 6.35. The van der Waals surface area contributed by atoms with Crippen LogP contribution in [0.5, 0.6) is 0 Å². The third-order valence-electron chi connectivity index (χ3n) is 2.88. The van der Waals surface area contributed by atoms with E-state index in [0.29, 0.717) is 22.0 Å². The number of halogens is 1. The van der Waals surface area contributed by atoms with Gasteiger partial charge in [-0.3, -0.25) is 14.6 Å². The monoisotopic (exact) mass is 273 g/mol. The number of carbonyl (C=O) groups is 2. The van der Waals surface area contributed by atoms with Crippen LogP contribution in [-0.2, 0) is 0 Å². The highest BCUT2D eigenvalue weighted by atomic mass is 35.5. The van der Waals surface area contributed by atoms with Gasteiger partial charge in [0.2, 0.25) is 0 Å². The first-order valence-electron chi connectivity index (χ1n) is 5.48. The first kappa shape index (κ1) is 11.7. The number of pyridine rings is 1. The van der Waals surface area contributed by atoms with Gasteiger partial charge in [-0.15, -0.1) is 0 Å². The van der Waals surface area contributed by atoms with Gasteiger partial charge in [0.15, 0.2) is 0 Å². The Morgan fingerprint density at radius 2 is 1.95 bits per heavy atom. The zero-order valence-electron chi connectivity index (χ0n) is 9.63. The average molecular weight is 274 g/mol. The molecular formula is C13H8ClN3O2. The quantitative estimate of drug-likeness (QED) is 0.638. The molecule has 6 heteroatoms. The molecule has 1 aliphatic heterocycles. The van der Waals surface area contributed by atoms with Gasteiger partial charge in [-0.05, 0) is 30.3 Å². The smallest absolute Gasteiger partial charge is 0.284 e. The lowest BCUT2D eigenvalue weighted by atomic mass is 10.2. The zero-order chi connectivity index (χ0) is 13.6. The molecule has 1 aliphatic rings. The molecule has 0 saturated heterocycles. The van der Waals surface area contributed by atoms with Crippen molar-refractivity contribution in [2.24, 2.45) is 0 Å². The van der Waals surface area contributed by atoms with Crippen molar-refractivity contribution in [2.75, 3.05) is 10.6 Å². The number of amides is 2. The summed E-state index contributed by atoms with van der Waals surface area (Å²) in [4.78, 5) is 29.4. The fourth-order valence-electron chi connectivity index (χ4n) is 1.97. The largest absolute Gasteiger partial charge is 0.397 e. The standard InChI is InChI=1S/C13H8ClN3O2/c14-9-4-3-7(6-10(9)15)17-12(18)8-2-1-5-16-11(8)13(17)19/h1-6H,15H2. The number of rotatable bonds is 1. The fourth-order valence-corrected chi connectivity index (χ4v) is 2.09. The molecule has 19 heavy (non-hydrogen) atoms. The molecule has 0 aliphatic carbocycles. The van der Waals surface area contributed by atoms with Crippen molar-refractivity contribution in [1.82, 2.24) is 4.98 Å². The number of aromatic nitrogens is 1. The summed E-state index contributed by atoms with van der Waals surface area (Å²) in [5, 5.41) is 0.374. The minimum Gasteiger partial charge on any atom is -0.397 e. The number of carbonyl (C=O) groups excluding carboxylic acids is 2. The summed E-state index contributed by atoms with van der Waals surface area (Å²) in [5.41, 5.74) is 6.83. The van der Waals surface area contributed by atoms with Gasteiger partial charge < -0.3 is 5.73 Å². The van der Waals surface area contributed by atoms with E-state index in [1.165, 1.54) is 12.3 Å². The maximum absolute atomic E-state index is 12.2. The molecule has 0 fully saturated rings. The Kier molecular flexibility index (Phi) is 2.50. The number of nitrogen functional groups attached to an aromatic ring is 1. The molecule has 0 saturated carbocycles. The summed E-state index contributed by atoms with van der Waals surface area (Å²) in [7, 11) is 0. The number of anilines is 2. The van der Waals surface area contributed by atoms with Crippen LogP contribution in [0, 0.1) is 0 Å². The van der Waals surface area contributed by atoms with Gasteiger partial charge in [0.1, 0.15) is 5.69 Å². The molecule has 0 unspecified atom stereocenters. The van der Waals surface area contributed by atoms with Crippen molar-refractivity contribution in [2.45, 2.75) is 0 Å². The summed E-state index contributed by atoms with van der Waals surface area (Å²) in [5.74, 6) is -0.864. The van der Waals surface area contributed by atoms with Crippen LogP contribution in [0.15, 0.2) is 36.5 Å². The van der Waals surface area contributed by atoms with Crippen molar-refractivity contribution in [3.05, 3.63) is 52.8 Å². The van der Waals surface area contributed by atoms with Crippen molar-refractivity contribution in [3.8, 4) is 0 Å². The van der Waals surface area contributed by atoms with Crippen LogP contribution in [0.1, 0.15) is 20.8 Å². The molecule has 1 aromatic carbocycles. The molecule has 0 atom stereocenters. The van der Waals surface area contributed by atoms with E-state index in [9.17, 15) is 9.59 Å². The summed E-state index contributed by atoms with van der Waals surface area (Å²) in [6.07, 6.45) is 1.48. The minimum absolute atomic E-state index is 0.154. The van der Waals surface area contributed by atoms with Gasteiger partial charge in [0.05, 0.1) is 22.0 Å². The van der Waals surface area contributed by atoms with Crippen molar-refractivity contribution in [1.29, 1.82) is 0 Å². The molecular weight excluding hydrogens is 266 g/mol. The predicted octanol–water partition coefficient (Wildman–Crippen LogP) is 2.12. The molecule has 1 aromatic heterocycles. The van der Waals surface area contributed by atoms with Crippen molar-refractivity contribution in [3.63, 3.8) is 0 Å². The summed E-state index contributed by atoms with van der Waals surface area (Å²) in [6, 6.07) is 7.79. The zero-order valence-corrected chi connectivity index (χ0v) is 10.4. The molecule has 2 aromatic rings. The van der Waals surface area contributed by atoms with Gasteiger partial charge in [0, 0.05) is 6.20 Å². The van der Waals surface area contributed by atoms with Crippen molar-refractivity contribution < 1.29 is 9.59 Å². The lowest BCUT2D eigenvalue weighted by molar-refractivity contribution is 0.0925. The molecule has 0 bridgehead atoms. The number of nitrogens with zero attached hydrogens (tertiary/aromatic N) is 2. The highest BCUT2D eigenvalue weighted by Gasteiger charge is 2.37. The first-order chi connectivity index (χ1) is 9.09. The molecule has 0 radical (unpaired) electrons. The van der Waals surface area contributed by atoms with Gasteiger partial charge in [-0.25, -0.2) is 4.90 Å². The first-order valence-corrected chi connectivity index (χ1v) is 5.86. The van der Waals surface area contributed by atoms with Crippen LogP contribution in [0.25, 0.3) is 0 Å².